The number of hydrogen-bond donors (Lipinski definition) is 1. The molecule has 20 heavy (non-hydrogen) atoms. The van der Waals surface area contributed by atoms with Gasteiger partial charge in [0, 0.05) is 10.0 Å². The summed E-state index contributed by atoms with van der Waals surface area (Å²) >= 11 is 8.74. The van der Waals surface area contributed by atoms with Gasteiger partial charge in [-0.05, 0) is 31.0 Å². The summed E-state index contributed by atoms with van der Waals surface area (Å²) < 4.78 is 5.73. The van der Waals surface area contributed by atoms with Gasteiger partial charge in [-0.15, -0.1) is 0 Å². The lowest BCUT2D eigenvalue weighted by molar-refractivity contribution is -0.161. The zero-order valence-corrected chi connectivity index (χ0v) is 13.1. The minimum Gasteiger partial charge on any atom is -0.480 e. The van der Waals surface area contributed by atoms with Crippen LogP contribution in [0.4, 0.5) is 0 Å². The Labute approximate surface area is 130 Å². The Morgan fingerprint density at radius 1 is 1.40 bits per heavy atom. The van der Waals surface area contributed by atoms with Crippen molar-refractivity contribution in [3.63, 3.8) is 0 Å². The zero-order chi connectivity index (χ0) is 15.2. The number of hydrogen-bond acceptors (Lipinski definition) is 3. The van der Waals surface area contributed by atoms with Crippen LogP contribution in [0.3, 0.4) is 0 Å². The molecule has 0 aliphatic heterocycles. The van der Waals surface area contributed by atoms with E-state index in [2.05, 4.69) is 15.9 Å². The number of esters is 1. The molecule has 0 amide bonds. The molecule has 0 saturated carbocycles. The molecule has 0 aliphatic carbocycles. The van der Waals surface area contributed by atoms with E-state index in [0.29, 0.717) is 5.56 Å². The van der Waals surface area contributed by atoms with Crippen molar-refractivity contribution in [2.75, 3.05) is 6.61 Å². The standard InChI is InChI=1S/C14H14BrClO4/c1-2-20-13(19)14(12(17)18,8-3-9-16)10-4-6-11(15)7-5-10/h3-7,9H,2,8H2,1H3,(H,17,18)/b9-3+. The molecule has 1 atom stereocenters. The molecular formula is C14H14BrClO4. The van der Waals surface area contributed by atoms with E-state index < -0.39 is 17.4 Å². The van der Waals surface area contributed by atoms with Crippen molar-refractivity contribution in [1.82, 2.24) is 0 Å². The van der Waals surface area contributed by atoms with Gasteiger partial charge in [-0.25, -0.2) is 0 Å². The summed E-state index contributed by atoms with van der Waals surface area (Å²) in [6, 6.07) is 6.52. The van der Waals surface area contributed by atoms with E-state index in [0.717, 1.165) is 4.47 Å². The molecule has 4 nitrogen and oxygen atoms in total. The van der Waals surface area contributed by atoms with Gasteiger partial charge in [-0.3, -0.25) is 9.59 Å². The first kappa shape index (κ1) is 16.7. The first-order valence-corrected chi connectivity index (χ1v) is 7.13. The molecule has 1 unspecified atom stereocenters. The van der Waals surface area contributed by atoms with E-state index in [-0.39, 0.29) is 13.0 Å². The SMILES string of the molecule is CCOC(=O)C(C/C=C/Cl)(C(=O)O)c1ccc(Br)cc1. The van der Waals surface area contributed by atoms with Gasteiger partial charge in [0.1, 0.15) is 0 Å². The molecule has 108 valence electrons. The third kappa shape index (κ3) is 3.41. The lowest BCUT2D eigenvalue weighted by Crippen LogP contribution is -2.44. The maximum Gasteiger partial charge on any atom is 0.328 e. The number of carboxylic acids is 1. The van der Waals surface area contributed by atoms with Crippen molar-refractivity contribution >= 4 is 39.5 Å². The van der Waals surface area contributed by atoms with Gasteiger partial charge in [0.15, 0.2) is 5.41 Å². The van der Waals surface area contributed by atoms with Crippen LogP contribution in [0.25, 0.3) is 0 Å². The van der Waals surface area contributed by atoms with Crippen molar-refractivity contribution in [2.45, 2.75) is 18.8 Å². The number of aliphatic carboxylic acids is 1. The Kier molecular flexibility index (Phi) is 6.23. The first-order valence-electron chi connectivity index (χ1n) is 5.91. The van der Waals surface area contributed by atoms with Gasteiger partial charge in [0.25, 0.3) is 0 Å². The second-order valence-corrected chi connectivity index (χ2v) is 5.17. The highest BCUT2D eigenvalue weighted by Crippen LogP contribution is 2.32. The number of benzene rings is 1. The third-order valence-electron chi connectivity index (χ3n) is 2.84. The van der Waals surface area contributed by atoms with E-state index >= 15 is 0 Å². The molecule has 0 aromatic heterocycles. The van der Waals surface area contributed by atoms with E-state index in [1.54, 1.807) is 31.2 Å². The Morgan fingerprint density at radius 3 is 2.45 bits per heavy atom. The Balaban J connectivity index is 3.39. The fourth-order valence-corrected chi connectivity index (χ4v) is 2.18. The van der Waals surface area contributed by atoms with Crippen LogP contribution in [0, 0.1) is 0 Å². The van der Waals surface area contributed by atoms with Crippen LogP contribution in [0.5, 0.6) is 0 Å². The van der Waals surface area contributed by atoms with Crippen molar-refractivity contribution < 1.29 is 19.4 Å². The van der Waals surface area contributed by atoms with E-state index in [1.165, 1.54) is 11.6 Å². The zero-order valence-electron chi connectivity index (χ0n) is 10.8. The molecule has 0 aliphatic rings. The second kappa shape index (κ2) is 7.45. The normalized spacial score (nSPS) is 13.9. The minimum absolute atomic E-state index is 0.0771. The summed E-state index contributed by atoms with van der Waals surface area (Å²) in [5, 5.41) is 9.58. The fourth-order valence-electron chi connectivity index (χ4n) is 1.83. The Hall–Kier alpha value is -1.33. The summed E-state index contributed by atoms with van der Waals surface area (Å²) in [5.41, 5.74) is -0.251. The highest BCUT2D eigenvalue weighted by molar-refractivity contribution is 9.10. The molecule has 0 saturated heterocycles. The summed E-state index contributed by atoms with van der Waals surface area (Å²) in [4.78, 5) is 23.9. The van der Waals surface area contributed by atoms with Crippen molar-refractivity contribution in [3.8, 4) is 0 Å². The molecule has 6 heteroatoms. The van der Waals surface area contributed by atoms with Gasteiger partial charge < -0.3 is 9.84 Å². The maximum absolute atomic E-state index is 12.2. The number of rotatable bonds is 6. The van der Waals surface area contributed by atoms with Gasteiger partial charge in [-0.2, -0.15) is 0 Å². The Morgan fingerprint density at radius 2 is 2.00 bits per heavy atom. The van der Waals surface area contributed by atoms with Gasteiger partial charge in [0.2, 0.25) is 0 Å². The summed E-state index contributed by atoms with van der Waals surface area (Å²) in [6.45, 7) is 1.73. The third-order valence-corrected chi connectivity index (χ3v) is 3.55. The van der Waals surface area contributed by atoms with Crippen molar-refractivity contribution in [2.24, 2.45) is 0 Å². The number of carboxylic acid groups (broad SMARTS) is 1. The molecule has 0 radical (unpaired) electrons. The van der Waals surface area contributed by atoms with E-state index in [4.69, 9.17) is 16.3 Å². The van der Waals surface area contributed by atoms with E-state index in [9.17, 15) is 14.7 Å². The van der Waals surface area contributed by atoms with E-state index in [1.807, 2.05) is 0 Å². The molecule has 1 rings (SSSR count). The highest BCUT2D eigenvalue weighted by atomic mass is 79.9. The van der Waals surface area contributed by atoms with Crippen LogP contribution < -0.4 is 0 Å². The minimum atomic E-state index is -1.79. The lowest BCUT2D eigenvalue weighted by Gasteiger charge is -2.26. The van der Waals surface area contributed by atoms with Crippen LogP contribution in [-0.2, 0) is 19.7 Å². The molecule has 1 N–H and O–H groups in total. The average molecular weight is 362 g/mol. The Bertz CT molecular complexity index is 512. The van der Waals surface area contributed by atoms with Crippen molar-refractivity contribution in [1.29, 1.82) is 0 Å². The molecule has 0 heterocycles. The molecule has 0 bridgehead atoms. The summed E-state index contributed by atoms with van der Waals surface area (Å²) in [7, 11) is 0. The number of carbonyl (C=O) groups excluding carboxylic acids is 1. The molecule has 0 spiro atoms. The predicted molar refractivity (Wildman–Crippen MR) is 79.7 cm³/mol. The monoisotopic (exact) mass is 360 g/mol. The van der Waals surface area contributed by atoms with Crippen LogP contribution in [-0.4, -0.2) is 23.7 Å². The van der Waals surface area contributed by atoms with Gasteiger partial charge in [0.05, 0.1) is 6.61 Å². The number of halogens is 2. The quantitative estimate of drug-likeness (QED) is 0.622. The summed E-state index contributed by atoms with van der Waals surface area (Å²) in [5.74, 6) is -2.07. The number of allylic oxidation sites excluding steroid dienone is 1. The molecular weight excluding hydrogens is 348 g/mol. The topological polar surface area (TPSA) is 63.6 Å². The van der Waals surface area contributed by atoms with Crippen LogP contribution in [0.15, 0.2) is 40.3 Å². The van der Waals surface area contributed by atoms with Crippen LogP contribution in [0.2, 0.25) is 0 Å². The first-order chi connectivity index (χ1) is 9.48. The molecule has 0 fully saturated rings. The smallest absolute Gasteiger partial charge is 0.328 e. The fraction of sp³-hybridized carbons (Fsp3) is 0.286. The average Bonchev–Trinajstić information content (AvgIpc) is 2.41. The van der Waals surface area contributed by atoms with Crippen LogP contribution in [0.1, 0.15) is 18.9 Å². The van der Waals surface area contributed by atoms with Crippen molar-refractivity contribution in [3.05, 3.63) is 45.9 Å². The van der Waals surface area contributed by atoms with Crippen LogP contribution >= 0.6 is 27.5 Å². The maximum atomic E-state index is 12.2. The molecule has 1 aromatic carbocycles. The predicted octanol–water partition coefficient (Wildman–Crippen LogP) is 3.48. The molecule has 1 aromatic rings. The largest absolute Gasteiger partial charge is 0.480 e. The highest BCUT2D eigenvalue weighted by Gasteiger charge is 2.48. The number of ether oxygens (including phenoxy) is 1. The lowest BCUT2D eigenvalue weighted by atomic mass is 9.77. The van der Waals surface area contributed by atoms with Gasteiger partial charge >= 0.3 is 11.9 Å². The number of carbonyl (C=O) groups is 2. The summed E-state index contributed by atoms with van der Waals surface area (Å²) in [6.07, 6.45) is 1.35. The second-order valence-electron chi connectivity index (χ2n) is 4.00. The van der Waals surface area contributed by atoms with Gasteiger partial charge in [-0.1, -0.05) is 45.7 Å².